The van der Waals surface area contributed by atoms with E-state index in [0.717, 1.165) is 18.1 Å². The van der Waals surface area contributed by atoms with Gasteiger partial charge in [0.1, 0.15) is 11.6 Å². The van der Waals surface area contributed by atoms with Crippen LogP contribution in [0.25, 0.3) is 0 Å². The second kappa shape index (κ2) is 6.35. The Kier molecular flexibility index (Phi) is 4.73. The Labute approximate surface area is 124 Å². The largest absolute Gasteiger partial charge is 0.320 e. The highest BCUT2D eigenvalue weighted by molar-refractivity contribution is 5.36. The Morgan fingerprint density at radius 2 is 1.57 bits per heavy atom. The molecule has 2 aromatic carbocycles. The van der Waals surface area contributed by atoms with Gasteiger partial charge in [-0.2, -0.15) is 0 Å². The summed E-state index contributed by atoms with van der Waals surface area (Å²) < 4.78 is 27.2. The molecular formula is C18H21F2N. The summed E-state index contributed by atoms with van der Waals surface area (Å²) >= 11 is 0. The molecule has 21 heavy (non-hydrogen) atoms. The molecule has 0 saturated carbocycles. The van der Waals surface area contributed by atoms with Crippen molar-refractivity contribution in [2.45, 2.75) is 39.2 Å². The zero-order chi connectivity index (χ0) is 15.6. The molecule has 2 unspecified atom stereocenters. The van der Waals surface area contributed by atoms with E-state index < -0.39 is 17.7 Å². The maximum absolute atomic E-state index is 13.9. The van der Waals surface area contributed by atoms with Crippen molar-refractivity contribution >= 4 is 0 Å². The molecule has 3 heteroatoms. The number of hydrogen-bond acceptors (Lipinski definition) is 1. The number of hydrogen-bond donors (Lipinski definition) is 1. The topological polar surface area (TPSA) is 26.0 Å². The highest BCUT2D eigenvalue weighted by Gasteiger charge is 2.16. The quantitative estimate of drug-likeness (QED) is 0.856. The maximum atomic E-state index is 13.9. The van der Waals surface area contributed by atoms with Gasteiger partial charge in [0, 0.05) is 11.6 Å². The van der Waals surface area contributed by atoms with E-state index in [1.54, 1.807) is 6.92 Å². The lowest BCUT2D eigenvalue weighted by Gasteiger charge is -2.16. The normalized spacial score (nSPS) is 14.0. The molecular weight excluding hydrogens is 268 g/mol. The van der Waals surface area contributed by atoms with E-state index in [-0.39, 0.29) is 0 Å². The van der Waals surface area contributed by atoms with Crippen LogP contribution in [0.15, 0.2) is 36.4 Å². The predicted octanol–water partition coefficient (Wildman–Crippen LogP) is 4.83. The van der Waals surface area contributed by atoms with Crippen LogP contribution in [-0.4, -0.2) is 0 Å². The van der Waals surface area contributed by atoms with Gasteiger partial charge >= 0.3 is 0 Å². The summed E-state index contributed by atoms with van der Waals surface area (Å²) in [7, 11) is 0. The molecule has 2 N–H and O–H groups in total. The Morgan fingerprint density at radius 1 is 1.00 bits per heavy atom. The maximum Gasteiger partial charge on any atom is 0.131 e. The molecule has 0 aliphatic rings. The summed E-state index contributed by atoms with van der Waals surface area (Å²) in [6.07, 6.45) is 1.07. The molecule has 0 amide bonds. The van der Waals surface area contributed by atoms with Crippen molar-refractivity contribution in [2.75, 3.05) is 0 Å². The van der Waals surface area contributed by atoms with Gasteiger partial charge in [0.15, 0.2) is 0 Å². The number of rotatable bonds is 4. The van der Waals surface area contributed by atoms with Crippen molar-refractivity contribution in [2.24, 2.45) is 5.73 Å². The van der Waals surface area contributed by atoms with Crippen LogP contribution in [0.1, 0.15) is 54.5 Å². The Morgan fingerprint density at radius 3 is 2.14 bits per heavy atom. The summed E-state index contributed by atoms with van der Waals surface area (Å²) in [5, 5.41) is 0. The number of aryl methyl sites for hydroxylation is 1. The third-order valence-electron chi connectivity index (χ3n) is 4.09. The second-order valence-electron chi connectivity index (χ2n) is 5.58. The van der Waals surface area contributed by atoms with Crippen molar-refractivity contribution in [1.29, 1.82) is 0 Å². The van der Waals surface area contributed by atoms with Crippen molar-refractivity contribution in [3.63, 3.8) is 0 Å². The Bertz CT molecular complexity index is 620. The van der Waals surface area contributed by atoms with E-state index in [0.29, 0.717) is 17.0 Å². The number of halogens is 2. The lowest BCUT2D eigenvalue weighted by molar-refractivity contribution is 0.561. The standard InChI is InChI=1S/C18H21F2N/c1-4-11(2)13-5-7-14(8-6-13)18(21)15-9-12(3)16(19)10-17(15)20/h5-11,18H,4,21H2,1-3H3. The van der Waals surface area contributed by atoms with Gasteiger partial charge in [-0.15, -0.1) is 0 Å². The molecule has 0 radical (unpaired) electrons. The lowest BCUT2D eigenvalue weighted by atomic mass is 9.93. The fourth-order valence-corrected chi connectivity index (χ4v) is 2.37. The smallest absolute Gasteiger partial charge is 0.131 e. The average molecular weight is 289 g/mol. The van der Waals surface area contributed by atoms with Crippen LogP contribution in [0.4, 0.5) is 8.78 Å². The van der Waals surface area contributed by atoms with Gasteiger partial charge in [0.2, 0.25) is 0 Å². The van der Waals surface area contributed by atoms with Crippen molar-refractivity contribution in [3.05, 3.63) is 70.3 Å². The van der Waals surface area contributed by atoms with Gasteiger partial charge in [-0.3, -0.25) is 0 Å². The summed E-state index contributed by atoms with van der Waals surface area (Å²) in [4.78, 5) is 0. The molecule has 0 fully saturated rings. The molecule has 0 heterocycles. The van der Waals surface area contributed by atoms with E-state index in [1.165, 1.54) is 11.6 Å². The van der Waals surface area contributed by atoms with Crippen LogP contribution in [0.2, 0.25) is 0 Å². The first-order valence-electron chi connectivity index (χ1n) is 7.25. The second-order valence-corrected chi connectivity index (χ2v) is 5.58. The third-order valence-corrected chi connectivity index (χ3v) is 4.09. The molecule has 1 nitrogen and oxygen atoms in total. The van der Waals surface area contributed by atoms with Gasteiger partial charge in [-0.1, -0.05) is 38.1 Å². The lowest BCUT2D eigenvalue weighted by Crippen LogP contribution is -2.14. The molecule has 0 bridgehead atoms. The SMILES string of the molecule is CCC(C)c1ccc(C(N)c2cc(C)c(F)cc2F)cc1. The predicted molar refractivity (Wildman–Crippen MR) is 82.3 cm³/mol. The van der Waals surface area contributed by atoms with Crippen LogP contribution < -0.4 is 5.73 Å². The van der Waals surface area contributed by atoms with Crippen LogP contribution in [0.3, 0.4) is 0 Å². The van der Waals surface area contributed by atoms with Crippen LogP contribution in [-0.2, 0) is 0 Å². The van der Waals surface area contributed by atoms with Gasteiger partial charge in [-0.05, 0) is 42.0 Å². The molecule has 2 atom stereocenters. The highest BCUT2D eigenvalue weighted by atomic mass is 19.1. The zero-order valence-corrected chi connectivity index (χ0v) is 12.7. The Balaban J connectivity index is 2.32. The van der Waals surface area contributed by atoms with Gasteiger partial charge in [0.05, 0.1) is 6.04 Å². The number of nitrogens with two attached hydrogens (primary N) is 1. The van der Waals surface area contributed by atoms with E-state index in [9.17, 15) is 8.78 Å². The minimum absolute atomic E-state index is 0.324. The molecule has 2 aromatic rings. The molecule has 0 saturated heterocycles. The van der Waals surface area contributed by atoms with Crippen LogP contribution >= 0.6 is 0 Å². The van der Waals surface area contributed by atoms with Gasteiger partial charge in [0.25, 0.3) is 0 Å². The number of benzene rings is 2. The van der Waals surface area contributed by atoms with Crippen molar-refractivity contribution in [1.82, 2.24) is 0 Å². The van der Waals surface area contributed by atoms with E-state index in [1.807, 2.05) is 24.3 Å². The molecule has 0 aliphatic heterocycles. The van der Waals surface area contributed by atoms with Gasteiger partial charge in [-0.25, -0.2) is 8.78 Å². The first kappa shape index (κ1) is 15.6. The minimum Gasteiger partial charge on any atom is -0.320 e. The highest BCUT2D eigenvalue weighted by Crippen LogP contribution is 2.26. The fraction of sp³-hybridized carbons (Fsp3) is 0.333. The summed E-state index contributed by atoms with van der Waals surface area (Å²) in [5.41, 5.74) is 8.92. The van der Waals surface area contributed by atoms with Crippen LogP contribution in [0.5, 0.6) is 0 Å². The monoisotopic (exact) mass is 289 g/mol. The van der Waals surface area contributed by atoms with Crippen molar-refractivity contribution in [3.8, 4) is 0 Å². The molecule has 0 aliphatic carbocycles. The first-order valence-corrected chi connectivity index (χ1v) is 7.25. The average Bonchev–Trinajstić information content (AvgIpc) is 2.49. The summed E-state index contributed by atoms with van der Waals surface area (Å²) in [6.45, 7) is 5.91. The molecule has 112 valence electrons. The summed E-state index contributed by atoms with van der Waals surface area (Å²) in [6, 6.07) is 9.69. The van der Waals surface area contributed by atoms with Crippen LogP contribution in [0, 0.1) is 18.6 Å². The molecule has 0 spiro atoms. The van der Waals surface area contributed by atoms with E-state index in [4.69, 9.17) is 5.73 Å². The van der Waals surface area contributed by atoms with E-state index in [2.05, 4.69) is 13.8 Å². The van der Waals surface area contributed by atoms with E-state index >= 15 is 0 Å². The molecule has 0 aromatic heterocycles. The zero-order valence-electron chi connectivity index (χ0n) is 12.7. The fourth-order valence-electron chi connectivity index (χ4n) is 2.37. The first-order chi connectivity index (χ1) is 9.93. The summed E-state index contributed by atoms with van der Waals surface area (Å²) in [5.74, 6) is -0.660. The van der Waals surface area contributed by atoms with Gasteiger partial charge < -0.3 is 5.73 Å². The minimum atomic E-state index is -0.600. The Hall–Kier alpha value is -1.74. The van der Waals surface area contributed by atoms with Crippen molar-refractivity contribution < 1.29 is 8.78 Å². The third kappa shape index (κ3) is 3.30. The molecule has 2 rings (SSSR count).